The summed E-state index contributed by atoms with van der Waals surface area (Å²) in [6.45, 7) is 2.14. The Labute approximate surface area is 171 Å². The lowest BCUT2D eigenvalue weighted by Gasteiger charge is -2.42. The molecule has 5 atom stereocenters. The van der Waals surface area contributed by atoms with E-state index in [1.807, 2.05) is 6.07 Å². The largest absolute Gasteiger partial charge is 0.266 e. The summed E-state index contributed by atoms with van der Waals surface area (Å²) in [5.41, 5.74) is 2.20. The fourth-order valence-electron chi connectivity index (χ4n) is 6.42. The zero-order valence-electron chi connectivity index (χ0n) is 17.3. The molecular formula is C25H32F4. The Balaban J connectivity index is 1.49. The summed E-state index contributed by atoms with van der Waals surface area (Å²) < 4.78 is 55.2. The lowest BCUT2D eigenvalue weighted by molar-refractivity contribution is 0.130. The first kappa shape index (κ1) is 20.9. The highest BCUT2D eigenvalue weighted by Crippen LogP contribution is 2.49. The van der Waals surface area contributed by atoms with E-state index in [1.165, 1.54) is 0 Å². The van der Waals surface area contributed by atoms with E-state index in [4.69, 9.17) is 0 Å². The van der Waals surface area contributed by atoms with Crippen LogP contribution in [0.2, 0.25) is 0 Å². The highest BCUT2D eigenvalue weighted by Gasteiger charge is 2.37. The summed E-state index contributed by atoms with van der Waals surface area (Å²) >= 11 is 0. The van der Waals surface area contributed by atoms with Crippen molar-refractivity contribution in [2.75, 3.05) is 0 Å². The zero-order chi connectivity index (χ0) is 20.5. The Morgan fingerprint density at radius 2 is 1.76 bits per heavy atom. The van der Waals surface area contributed by atoms with Crippen LogP contribution in [0.25, 0.3) is 0 Å². The maximum absolute atomic E-state index is 15.1. The number of hydrogen-bond donors (Lipinski definition) is 0. The Morgan fingerprint density at radius 1 is 1.00 bits per heavy atom. The summed E-state index contributed by atoms with van der Waals surface area (Å²) in [4.78, 5) is 0. The van der Waals surface area contributed by atoms with E-state index in [-0.39, 0.29) is 11.8 Å². The van der Waals surface area contributed by atoms with Gasteiger partial charge in [0.25, 0.3) is 6.08 Å². The summed E-state index contributed by atoms with van der Waals surface area (Å²) in [7, 11) is 0. The first-order valence-corrected chi connectivity index (χ1v) is 11.5. The number of allylic oxidation sites excluding steroid dienone is 1. The number of halogens is 4. The molecule has 0 heterocycles. The van der Waals surface area contributed by atoms with E-state index < -0.39 is 17.7 Å². The Bertz CT molecular complexity index is 765. The molecule has 0 N–H and O–H groups in total. The third-order valence-electron chi connectivity index (χ3n) is 7.90. The SMILES string of the molecule is CCCC1CCc2cc(C3CCC4CC(C=C(F)F)CCC4C3)c(F)c(F)c2C1. The zero-order valence-corrected chi connectivity index (χ0v) is 17.3. The van der Waals surface area contributed by atoms with Gasteiger partial charge in [0.05, 0.1) is 0 Å². The lowest BCUT2D eigenvalue weighted by atomic mass is 9.63. The molecule has 5 unspecified atom stereocenters. The maximum atomic E-state index is 15.1. The molecule has 0 spiro atoms. The minimum Gasteiger partial charge on any atom is -0.203 e. The predicted molar refractivity (Wildman–Crippen MR) is 108 cm³/mol. The second kappa shape index (κ2) is 8.81. The van der Waals surface area contributed by atoms with Crippen LogP contribution in [0.15, 0.2) is 18.2 Å². The summed E-state index contributed by atoms with van der Waals surface area (Å²) in [5.74, 6) is 0.185. The molecule has 0 saturated heterocycles. The molecule has 0 amide bonds. The standard InChI is InChI=1S/C25H32F4/c1-2-3-15-4-7-20-14-22(25(29)24(28)21(20)11-15)19-9-8-17-10-16(12-23(26)27)5-6-18(17)13-19/h12,14-19H,2-11,13H2,1H3. The molecule has 1 aromatic rings. The highest BCUT2D eigenvalue weighted by atomic mass is 19.3. The van der Waals surface area contributed by atoms with Gasteiger partial charge >= 0.3 is 0 Å². The number of benzene rings is 1. The molecule has 29 heavy (non-hydrogen) atoms. The van der Waals surface area contributed by atoms with E-state index in [0.717, 1.165) is 75.8 Å². The Kier molecular flexibility index (Phi) is 6.36. The van der Waals surface area contributed by atoms with Crippen LogP contribution < -0.4 is 0 Å². The van der Waals surface area contributed by atoms with Crippen LogP contribution in [-0.4, -0.2) is 0 Å². The highest BCUT2D eigenvalue weighted by molar-refractivity contribution is 5.38. The van der Waals surface area contributed by atoms with Crippen LogP contribution in [-0.2, 0) is 12.8 Å². The number of rotatable bonds is 4. The smallest absolute Gasteiger partial charge is 0.203 e. The van der Waals surface area contributed by atoms with Crippen molar-refractivity contribution in [3.63, 3.8) is 0 Å². The fourth-order valence-corrected chi connectivity index (χ4v) is 6.42. The molecule has 3 aliphatic carbocycles. The van der Waals surface area contributed by atoms with Crippen LogP contribution in [0, 0.1) is 35.3 Å². The molecule has 160 valence electrons. The minimum atomic E-state index is -1.57. The first-order valence-electron chi connectivity index (χ1n) is 11.5. The molecule has 0 nitrogen and oxygen atoms in total. The summed E-state index contributed by atoms with van der Waals surface area (Å²) in [6, 6.07) is 1.97. The molecule has 0 aliphatic heterocycles. The van der Waals surface area contributed by atoms with E-state index in [0.29, 0.717) is 35.3 Å². The quantitative estimate of drug-likeness (QED) is 0.443. The number of aryl methyl sites for hydroxylation is 1. The maximum Gasteiger partial charge on any atom is 0.266 e. The van der Waals surface area contributed by atoms with Gasteiger partial charge in [0.2, 0.25) is 0 Å². The van der Waals surface area contributed by atoms with Crippen LogP contribution in [0.5, 0.6) is 0 Å². The van der Waals surface area contributed by atoms with Crippen molar-refractivity contribution < 1.29 is 17.6 Å². The van der Waals surface area contributed by atoms with Gasteiger partial charge < -0.3 is 0 Å². The lowest BCUT2D eigenvalue weighted by Crippen LogP contribution is -2.30. The normalized spacial score (nSPS) is 31.7. The average Bonchev–Trinajstić information content (AvgIpc) is 2.70. The van der Waals surface area contributed by atoms with E-state index in [2.05, 4.69) is 6.92 Å². The van der Waals surface area contributed by atoms with Crippen LogP contribution in [0.1, 0.15) is 87.3 Å². The van der Waals surface area contributed by atoms with Crippen molar-refractivity contribution >= 4 is 0 Å². The van der Waals surface area contributed by atoms with Gasteiger partial charge in [0, 0.05) is 0 Å². The van der Waals surface area contributed by atoms with Crippen molar-refractivity contribution in [1.82, 2.24) is 0 Å². The second-order valence-electron chi connectivity index (χ2n) is 9.69. The van der Waals surface area contributed by atoms with Crippen molar-refractivity contribution in [3.8, 4) is 0 Å². The van der Waals surface area contributed by atoms with Gasteiger partial charge in [-0.1, -0.05) is 25.8 Å². The molecule has 1 aromatic carbocycles. The van der Waals surface area contributed by atoms with Gasteiger partial charge in [0.1, 0.15) is 0 Å². The van der Waals surface area contributed by atoms with Gasteiger partial charge in [-0.2, -0.15) is 8.78 Å². The van der Waals surface area contributed by atoms with E-state index >= 15 is 4.39 Å². The fraction of sp³-hybridized carbons (Fsp3) is 0.680. The molecule has 3 aliphatic rings. The van der Waals surface area contributed by atoms with Gasteiger partial charge in [-0.3, -0.25) is 0 Å². The van der Waals surface area contributed by atoms with Crippen molar-refractivity contribution in [1.29, 1.82) is 0 Å². The molecule has 0 radical (unpaired) electrons. The topological polar surface area (TPSA) is 0 Å². The predicted octanol–water partition coefficient (Wildman–Crippen LogP) is 7.95. The van der Waals surface area contributed by atoms with Crippen LogP contribution >= 0.6 is 0 Å². The van der Waals surface area contributed by atoms with Gasteiger partial charge in [-0.25, -0.2) is 8.78 Å². The van der Waals surface area contributed by atoms with E-state index in [9.17, 15) is 13.2 Å². The molecule has 0 aromatic heterocycles. The molecular weight excluding hydrogens is 376 g/mol. The summed E-state index contributed by atoms with van der Waals surface area (Å²) in [6.07, 6.45) is 9.46. The Morgan fingerprint density at radius 3 is 2.52 bits per heavy atom. The van der Waals surface area contributed by atoms with Gasteiger partial charge in [-0.05, 0) is 110 Å². The third-order valence-corrected chi connectivity index (χ3v) is 7.90. The third kappa shape index (κ3) is 4.41. The molecule has 0 bridgehead atoms. The molecule has 2 fully saturated rings. The van der Waals surface area contributed by atoms with E-state index in [1.54, 1.807) is 0 Å². The summed E-state index contributed by atoms with van der Waals surface area (Å²) in [5, 5.41) is 0. The number of fused-ring (bicyclic) bond motifs is 2. The number of hydrogen-bond acceptors (Lipinski definition) is 0. The first-order chi connectivity index (χ1) is 14.0. The van der Waals surface area contributed by atoms with Crippen LogP contribution in [0.4, 0.5) is 17.6 Å². The molecule has 4 heteroatoms. The minimum absolute atomic E-state index is 0.0215. The van der Waals surface area contributed by atoms with Crippen molar-refractivity contribution in [2.24, 2.45) is 23.7 Å². The van der Waals surface area contributed by atoms with Gasteiger partial charge in [-0.15, -0.1) is 0 Å². The van der Waals surface area contributed by atoms with Crippen molar-refractivity contribution in [2.45, 2.75) is 83.5 Å². The Hall–Kier alpha value is -1.32. The van der Waals surface area contributed by atoms with Gasteiger partial charge in [0.15, 0.2) is 11.6 Å². The molecule has 4 rings (SSSR count). The average molecular weight is 409 g/mol. The second-order valence-corrected chi connectivity index (χ2v) is 9.69. The van der Waals surface area contributed by atoms with Crippen LogP contribution in [0.3, 0.4) is 0 Å². The molecule has 2 saturated carbocycles. The van der Waals surface area contributed by atoms with Crippen molar-refractivity contribution in [3.05, 3.63) is 46.5 Å². The monoisotopic (exact) mass is 408 g/mol.